The summed E-state index contributed by atoms with van der Waals surface area (Å²) in [6.07, 6.45) is 2.51. The number of methoxy groups -OCH3 is 1. The van der Waals surface area contributed by atoms with Crippen LogP contribution >= 0.6 is 0 Å². The molecule has 1 aliphatic rings. The molecule has 0 spiro atoms. The molecule has 0 radical (unpaired) electrons. The zero-order valence-electron chi connectivity index (χ0n) is 16.3. The van der Waals surface area contributed by atoms with Gasteiger partial charge in [-0.15, -0.1) is 0 Å². The van der Waals surface area contributed by atoms with Crippen molar-refractivity contribution in [3.63, 3.8) is 0 Å². The third kappa shape index (κ3) is 4.74. The first-order valence-electron chi connectivity index (χ1n) is 9.38. The lowest BCUT2D eigenvalue weighted by Gasteiger charge is -2.17. The first-order valence-corrected chi connectivity index (χ1v) is 9.38. The molecule has 0 unspecified atom stereocenters. The van der Waals surface area contributed by atoms with E-state index >= 15 is 0 Å². The molecule has 0 saturated carbocycles. The molecule has 142 valence electrons. The molecule has 1 saturated heterocycles. The summed E-state index contributed by atoms with van der Waals surface area (Å²) in [5.74, 6) is 0.695. The van der Waals surface area contributed by atoms with Crippen molar-refractivity contribution in [2.45, 2.75) is 33.2 Å². The molecule has 0 atom stereocenters. The summed E-state index contributed by atoms with van der Waals surface area (Å²) in [4.78, 5) is 14.8. The number of nitrogens with zero attached hydrogens (tertiary/aromatic N) is 2. The maximum absolute atomic E-state index is 12.4. The van der Waals surface area contributed by atoms with E-state index in [4.69, 9.17) is 4.74 Å². The van der Waals surface area contributed by atoms with E-state index < -0.39 is 0 Å². The number of benzene rings is 2. The van der Waals surface area contributed by atoms with Gasteiger partial charge >= 0.3 is 0 Å². The molecule has 3 rings (SSSR count). The highest BCUT2D eigenvalue weighted by Gasteiger charge is 2.15. The maximum atomic E-state index is 12.4. The van der Waals surface area contributed by atoms with Crippen molar-refractivity contribution < 1.29 is 9.53 Å². The molecule has 1 N–H and O–H groups in total. The fourth-order valence-corrected chi connectivity index (χ4v) is 3.40. The van der Waals surface area contributed by atoms with Crippen molar-refractivity contribution in [2.75, 3.05) is 20.2 Å². The second-order valence-corrected chi connectivity index (χ2v) is 6.96. The number of carbonyl (C=O) groups excluding carboxylic acids is 1. The number of carbonyl (C=O) groups is 1. The molecule has 0 bridgehead atoms. The monoisotopic (exact) mass is 365 g/mol. The first-order chi connectivity index (χ1) is 13.1. The number of nitrogens with one attached hydrogen (secondary N) is 1. The second kappa shape index (κ2) is 8.82. The van der Waals surface area contributed by atoms with Crippen molar-refractivity contribution in [1.82, 2.24) is 10.3 Å². The van der Waals surface area contributed by atoms with Gasteiger partial charge in [0.25, 0.3) is 5.91 Å². The van der Waals surface area contributed by atoms with Gasteiger partial charge in [0, 0.05) is 17.7 Å². The summed E-state index contributed by atoms with van der Waals surface area (Å²) < 4.78 is 5.52. The Bertz CT molecular complexity index is 839. The van der Waals surface area contributed by atoms with E-state index in [1.807, 2.05) is 44.2 Å². The van der Waals surface area contributed by atoms with Crippen LogP contribution in [0, 0.1) is 6.92 Å². The lowest BCUT2D eigenvalue weighted by Crippen LogP contribution is -2.21. The lowest BCUT2D eigenvalue weighted by molar-refractivity contribution is 0.0954. The Morgan fingerprint density at radius 1 is 1.19 bits per heavy atom. The number of aryl methyl sites for hydroxylation is 1. The van der Waals surface area contributed by atoms with E-state index in [0.717, 1.165) is 47.8 Å². The normalized spacial score (nSPS) is 15.0. The molecule has 27 heavy (non-hydrogen) atoms. The minimum atomic E-state index is -0.196. The number of likely N-dealkylation sites (tertiary alicyclic amines) is 1. The molecule has 1 amide bonds. The van der Waals surface area contributed by atoms with E-state index in [1.54, 1.807) is 13.2 Å². The Labute approximate surface area is 161 Å². The van der Waals surface area contributed by atoms with Gasteiger partial charge in [-0.25, -0.2) is 5.43 Å². The first kappa shape index (κ1) is 19.1. The number of hydrogen-bond donors (Lipinski definition) is 1. The van der Waals surface area contributed by atoms with Gasteiger partial charge in [-0.3, -0.25) is 9.69 Å². The van der Waals surface area contributed by atoms with Crippen LogP contribution in [-0.2, 0) is 6.54 Å². The van der Waals surface area contributed by atoms with Gasteiger partial charge in [-0.05, 0) is 75.2 Å². The van der Waals surface area contributed by atoms with Crippen LogP contribution in [0.3, 0.4) is 0 Å². The van der Waals surface area contributed by atoms with Crippen LogP contribution in [0.4, 0.5) is 0 Å². The van der Waals surface area contributed by atoms with Crippen LogP contribution in [0.1, 0.15) is 46.8 Å². The van der Waals surface area contributed by atoms with Crippen LogP contribution in [-0.4, -0.2) is 36.7 Å². The smallest absolute Gasteiger partial charge is 0.271 e. The maximum Gasteiger partial charge on any atom is 0.271 e. The predicted octanol–water partition coefficient (Wildman–Crippen LogP) is 3.75. The number of ether oxygens (including phenoxy) is 1. The Morgan fingerprint density at radius 2 is 1.93 bits per heavy atom. The molecule has 2 aromatic rings. The van der Waals surface area contributed by atoms with E-state index in [2.05, 4.69) is 21.5 Å². The number of amides is 1. The minimum absolute atomic E-state index is 0.196. The highest BCUT2D eigenvalue weighted by Crippen LogP contribution is 2.23. The van der Waals surface area contributed by atoms with Crippen molar-refractivity contribution in [2.24, 2.45) is 5.10 Å². The summed E-state index contributed by atoms with van der Waals surface area (Å²) in [7, 11) is 1.70. The Morgan fingerprint density at radius 3 is 2.63 bits per heavy atom. The van der Waals surface area contributed by atoms with Crippen LogP contribution in [0.15, 0.2) is 47.6 Å². The average molecular weight is 365 g/mol. The lowest BCUT2D eigenvalue weighted by atomic mass is 10.1. The van der Waals surface area contributed by atoms with Gasteiger partial charge in [0.05, 0.1) is 12.8 Å². The minimum Gasteiger partial charge on any atom is -0.496 e. The quantitative estimate of drug-likeness (QED) is 0.626. The van der Waals surface area contributed by atoms with Gasteiger partial charge in [-0.1, -0.05) is 18.2 Å². The number of rotatable bonds is 6. The molecule has 1 fully saturated rings. The molecule has 5 heteroatoms. The van der Waals surface area contributed by atoms with Gasteiger partial charge in [0.1, 0.15) is 5.75 Å². The van der Waals surface area contributed by atoms with Gasteiger partial charge < -0.3 is 4.74 Å². The van der Waals surface area contributed by atoms with Crippen molar-refractivity contribution in [3.05, 3.63) is 64.7 Å². The zero-order chi connectivity index (χ0) is 19.2. The average Bonchev–Trinajstić information content (AvgIpc) is 3.19. The molecule has 5 nitrogen and oxygen atoms in total. The topological polar surface area (TPSA) is 53.9 Å². The van der Waals surface area contributed by atoms with Crippen LogP contribution in [0.5, 0.6) is 5.75 Å². The Kier molecular flexibility index (Phi) is 6.24. The van der Waals surface area contributed by atoms with E-state index in [-0.39, 0.29) is 5.91 Å². The van der Waals surface area contributed by atoms with Crippen molar-refractivity contribution >= 4 is 11.6 Å². The molecule has 1 aliphatic heterocycles. The van der Waals surface area contributed by atoms with E-state index in [0.29, 0.717) is 5.56 Å². The van der Waals surface area contributed by atoms with Crippen LogP contribution in [0.2, 0.25) is 0 Å². The molecular weight excluding hydrogens is 338 g/mol. The van der Waals surface area contributed by atoms with Crippen LogP contribution < -0.4 is 10.2 Å². The summed E-state index contributed by atoms with van der Waals surface area (Å²) in [6, 6.07) is 13.5. The number of hydrazone groups is 1. The summed E-state index contributed by atoms with van der Waals surface area (Å²) in [5.41, 5.74) is 7.13. The zero-order valence-corrected chi connectivity index (χ0v) is 16.3. The third-order valence-corrected chi connectivity index (χ3v) is 5.01. The van der Waals surface area contributed by atoms with Gasteiger partial charge in [-0.2, -0.15) is 5.10 Å². The van der Waals surface area contributed by atoms with Gasteiger partial charge in [0.2, 0.25) is 0 Å². The highest BCUT2D eigenvalue weighted by atomic mass is 16.5. The predicted molar refractivity (Wildman–Crippen MR) is 108 cm³/mol. The Hall–Kier alpha value is -2.66. The SMILES string of the molecule is COc1ccc(/C(C)=N\NC(=O)c2ccccc2C)cc1CN1CCCC1. The fourth-order valence-electron chi connectivity index (χ4n) is 3.40. The largest absolute Gasteiger partial charge is 0.496 e. The number of hydrogen-bond acceptors (Lipinski definition) is 4. The van der Waals surface area contributed by atoms with Gasteiger partial charge in [0.15, 0.2) is 0 Å². The summed E-state index contributed by atoms with van der Waals surface area (Å²) >= 11 is 0. The molecule has 0 aliphatic carbocycles. The highest BCUT2D eigenvalue weighted by molar-refractivity contribution is 6.01. The summed E-state index contributed by atoms with van der Waals surface area (Å²) in [5, 5.41) is 4.30. The Balaban J connectivity index is 1.75. The molecule has 1 heterocycles. The van der Waals surface area contributed by atoms with E-state index in [9.17, 15) is 4.79 Å². The standard InChI is InChI=1S/C22H27N3O2/c1-16-8-4-5-9-20(16)22(26)24-23-17(2)18-10-11-21(27-3)19(14-18)15-25-12-6-7-13-25/h4-5,8-11,14H,6-7,12-13,15H2,1-3H3,(H,24,26)/b23-17-. The molecule has 0 aromatic heterocycles. The van der Waals surface area contributed by atoms with Crippen molar-refractivity contribution in [3.8, 4) is 5.75 Å². The molecule has 2 aromatic carbocycles. The van der Waals surface area contributed by atoms with E-state index in [1.165, 1.54) is 12.8 Å². The summed E-state index contributed by atoms with van der Waals surface area (Å²) in [6.45, 7) is 6.96. The fraction of sp³-hybridized carbons (Fsp3) is 0.364. The van der Waals surface area contributed by atoms with Crippen molar-refractivity contribution in [1.29, 1.82) is 0 Å². The third-order valence-electron chi connectivity index (χ3n) is 5.01. The second-order valence-electron chi connectivity index (χ2n) is 6.96. The van der Waals surface area contributed by atoms with Crippen LogP contribution in [0.25, 0.3) is 0 Å². The molecular formula is C22H27N3O2.